The van der Waals surface area contributed by atoms with Crippen LogP contribution >= 0.6 is 0 Å². The lowest BCUT2D eigenvalue weighted by molar-refractivity contribution is -0.0848. The first-order chi connectivity index (χ1) is 14.2. The SMILES string of the molecule is CC1CN(Cc2ccccc2)CC(c2nc(Nc3ccc4c(c3)CCC4)n[nH]2)O1. The van der Waals surface area contributed by atoms with Crippen LogP contribution in [0.1, 0.15) is 42.0 Å². The van der Waals surface area contributed by atoms with Gasteiger partial charge in [-0.3, -0.25) is 10.00 Å². The molecular formula is C23H27N5O. The van der Waals surface area contributed by atoms with Crippen molar-refractivity contribution < 1.29 is 4.74 Å². The third-order valence-electron chi connectivity index (χ3n) is 5.75. The Labute approximate surface area is 171 Å². The number of aromatic amines is 1. The number of hydrogen-bond acceptors (Lipinski definition) is 5. The fourth-order valence-electron chi connectivity index (χ4n) is 4.41. The topological polar surface area (TPSA) is 66.1 Å². The van der Waals surface area contributed by atoms with Crippen LogP contribution < -0.4 is 5.32 Å². The molecule has 0 radical (unpaired) electrons. The highest BCUT2D eigenvalue weighted by Gasteiger charge is 2.29. The van der Waals surface area contributed by atoms with Gasteiger partial charge in [0.25, 0.3) is 0 Å². The Hall–Kier alpha value is -2.70. The third-order valence-corrected chi connectivity index (χ3v) is 5.75. The van der Waals surface area contributed by atoms with Gasteiger partial charge in [-0.25, -0.2) is 0 Å². The highest BCUT2D eigenvalue weighted by atomic mass is 16.5. The molecule has 2 atom stereocenters. The molecule has 0 spiro atoms. The van der Waals surface area contributed by atoms with Gasteiger partial charge in [0.15, 0.2) is 5.82 Å². The van der Waals surface area contributed by atoms with Crippen LogP contribution in [-0.2, 0) is 24.1 Å². The minimum Gasteiger partial charge on any atom is -0.365 e. The molecule has 1 aliphatic carbocycles. The number of ether oxygens (including phenoxy) is 1. The zero-order valence-corrected chi connectivity index (χ0v) is 16.8. The van der Waals surface area contributed by atoms with E-state index in [1.54, 1.807) is 0 Å². The summed E-state index contributed by atoms with van der Waals surface area (Å²) in [6, 6.07) is 17.1. The van der Waals surface area contributed by atoms with Gasteiger partial charge in [-0.15, -0.1) is 5.10 Å². The van der Waals surface area contributed by atoms with Crippen LogP contribution in [0.15, 0.2) is 48.5 Å². The van der Waals surface area contributed by atoms with E-state index in [4.69, 9.17) is 4.74 Å². The van der Waals surface area contributed by atoms with Crippen molar-refractivity contribution in [2.45, 2.75) is 44.9 Å². The summed E-state index contributed by atoms with van der Waals surface area (Å²) in [6.45, 7) is 4.75. The van der Waals surface area contributed by atoms with Crippen LogP contribution in [0.5, 0.6) is 0 Å². The molecule has 1 fully saturated rings. The van der Waals surface area contributed by atoms with Crippen molar-refractivity contribution in [3.05, 3.63) is 71.0 Å². The van der Waals surface area contributed by atoms with Crippen molar-refractivity contribution in [1.82, 2.24) is 20.1 Å². The summed E-state index contributed by atoms with van der Waals surface area (Å²) in [6.07, 6.45) is 3.65. The van der Waals surface area contributed by atoms with E-state index >= 15 is 0 Å². The number of nitrogens with one attached hydrogen (secondary N) is 2. The molecule has 150 valence electrons. The molecule has 6 heteroatoms. The Bertz CT molecular complexity index is 970. The Balaban J connectivity index is 1.26. The third kappa shape index (κ3) is 4.18. The van der Waals surface area contributed by atoms with E-state index in [0.717, 1.165) is 37.6 Å². The van der Waals surface area contributed by atoms with Gasteiger partial charge in [-0.1, -0.05) is 36.4 Å². The summed E-state index contributed by atoms with van der Waals surface area (Å²) in [5.41, 5.74) is 5.26. The number of H-pyrrole nitrogens is 1. The van der Waals surface area contributed by atoms with Crippen LogP contribution in [0.25, 0.3) is 0 Å². The average Bonchev–Trinajstić information content (AvgIpc) is 3.37. The molecule has 1 saturated heterocycles. The monoisotopic (exact) mass is 389 g/mol. The molecule has 0 amide bonds. The summed E-state index contributed by atoms with van der Waals surface area (Å²) in [4.78, 5) is 7.09. The lowest BCUT2D eigenvalue weighted by atomic mass is 10.1. The molecule has 2 aliphatic rings. The number of hydrogen-bond donors (Lipinski definition) is 2. The lowest BCUT2D eigenvalue weighted by Gasteiger charge is -2.35. The van der Waals surface area contributed by atoms with Crippen LogP contribution in [0.3, 0.4) is 0 Å². The van der Waals surface area contributed by atoms with E-state index in [1.165, 1.54) is 29.5 Å². The van der Waals surface area contributed by atoms with Crippen molar-refractivity contribution in [2.24, 2.45) is 0 Å². The minimum atomic E-state index is -0.106. The molecule has 5 rings (SSSR count). The first kappa shape index (κ1) is 18.3. The molecule has 2 aromatic carbocycles. The first-order valence-corrected chi connectivity index (χ1v) is 10.5. The van der Waals surface area contributed by atoms with E-state index in [-0.39, 0.29) is 12.2 Å². The van der Waals surface area contributed by atoms with Crippen molar-refractivity contribution >= 4 is 11.6 Å². The van der Waals surface area contributed by atoms with Gasteiger partial charge in [0.1, 0.15) is 6.10 Å². The molecule has 0 saturated carbocycles. The van der Waals surface area contributed by atoms with Crippen molar-refractivity contribution in [1.29, 1.82) is 0 Å². The highest BCUT2D eigenvalue weighted by molar-refractivity contribution is 5.56. The van der Waals surface area contributed by atoms with Gasteiger partial charge in [-0.2, -0.15) is 4.98 Å². The predicted molar refractivity (Wildman–Crippen MR) is 113 cm³/mol. The van der Waals surface area contributed by atoms with Gasteiger partial charge in [0, 0.05) is 25.3 Å². The summed E-state index contributed by atoms with van der Waals surface area (Å²) < 4.78 is 6.16. The van der Waals surface area contributed by atoms with Crippen LogP contribution in [0.4, 0.5) is 11.6 Å². The molecule has 2 unspecified atom stereocenters. The summed E-state index contributed by atoms with van der Waals surface area (Å²) >= 11 is 0. The standard InChI is InChI=1S/C23H27N5O/c1-16-13-28(14-17-6-3-2-4-7-17)15-21(29-16)22-25-23(27-26-22)24-20-11-10-18-8-5-9-19(18)12-20/h2-4,6-7,10-12,16,21H,5,8-9,13-15H2,1H3,(H2,24,25,26,27). The Morgan fingerprint density at radius 3 is 2.86 bits per heavy atom. The minimum absolute atomic E-state index is 0.106. The zero-order chi connectivity index (χ0) is 19.6. The van der Waals surface area contributed by atoms with Crippen LogP contribution in [-0.4, -0.2) is 39.3 Å². The molecule has 3 aromatic rings. The Kier molecular flexibility index (Phi) is 5.04. The molecule has 2 N–H and O–H groups in total. The van der Waals surface area contributed by atoms with Crippen LogP contribution in [0.2, 0.25) is 0 Å². The second-order valence-electron chi connectivity index (χ2n) is 8.12. The zero-order valence-electron chi connectivity index (χ0n) is 16.8. The number of rotatable bonds is 5. The van der Waals surface area contributed by atoms with E-state index in [0.29, 0.717) is 5.95 Å². The normalized spacial score (nSPS) is 21.8. The lowest BCUT2D eigenvalue weighted by Crippen LogP contribution is -2.42. The number of aromatic nitrogens is 3. The van der Waals surface area contributed by atoms with Gasteiger partial charge < -0.3 is 10.1 Å². The number of anilines is 2. The molecular weight excluding hydrogens is 362 g/mol. The average molecular weight is 390 g/mol. The van der Waals surface area contributed by atoms with Crippen molar-refractivity contribution in [3.8, 4) is 0 Å². The maximum Gasteiger partial charge on any atom is 0.246 e. The van der Waals surface area contributed by atoms with Crippen molar-refractivity contribution in [3.63, 3.8) is 0 Å². The number of fused-ring (bicyclic) bond motifs is 1. The van der Waals surface area contributed by atoms with Crippen molar-refractivity contribution in [2.75, 3.05) is 18.4 Å². The fraction of sp³-hybridized carbons (Fsp3) is 0.391. The number of benzene rings is 2. The Morgan fingerprint density at radius 2 is 1.97 bits per heavy atom. The summed E-state index contributed by atoms with van der Waals surface area (Å²) in [7, 11) is 0. The second-order valence-corrected chi connectivity index (χ2v) is 8.12. The van der Waals surface area contributed by atoms with E-state index in [9.17, 15) is 0 Å². The summed E-state index contributed by atoms with van der Waals surface area (Å²) in [5.74, 6) is 1.37. The number of nitrogens with zero attached hydrogens (tertiary/aromatic N) is 3. The largest absolute Gasteiger partial charge is 0.365 e. The smallest absolute Gasteiger partial charge is 0.246 e. The van der Waals surface area contributed by atoms with E-state index < -0.39 is 0 Å². The van der Waals surface area contributed by atoms with Gasteiger partial charge in [0.05, 0.1) is 6.10 Å². The summed E-state index contributed by atoms with van der Waals surface area (Å²) in [5, 5.41) is 10.8. The maximum atomic E-state index is 6.16. The fourth-order valence-corrected chi connectivity index (χ4v) is 4.41. The number of aryl methyl sites for hydroxylation is 2. The molecule has 1 aromatic heterocycles. The second kappa shape index (κ2) is 7.97. The van der Waals surface area contributed by atoms with E-state index in [1.807, 2.05) is 0 Å². The van der Waals surface area contributed by atoms with Crippen LogP contribution in [0, 0.1) is 0 Å². The van der Waals surface area contributed by atoms with Gasteiger partial charge in [-0.05, 0) is 55.0 Å². The van der Waals surface area contributed by atoms with Gasteiger partial charge >= 0.3 is 0 Å². The molecule has 6 nitrogen and oxygen atoms in total. The molecule has 1 aliphatic heterocycles. The van der Waals surface area contributed by atoms with E-state index in [2.05, 4.69) is 80.9 Å². The quantitative estimate of drug-likeness (QED) is 0.690. The predicted octanol–water partition coefficient (Wildman–Crippen LogP) is 4.00. The maximum absolute atomic E-state index is 6.16. The highest BCUT2D eigenvalue weighted by Crippen LogP contribution is 2.27. The molecule has 2 heterocycles. The van der Waals surface area contributed by atoms with Gasteiger partial charge in [0.2, 0.25) is 5.95 Å². The first-order valence-electron chi connectivity index (χ1n) is 10.5. The molecule has 0 bridgehead atoms. The number of morpholine rings is 1. The Morgan fingerprint density at radius 1 is 1.10 bits per heavy atom. The molecule has 29 heavy (non-hydrogen) atoms.